The average molecular weight is 246 g/mol. The van der Waals surface area contributed by atoms with Crippen molar-refractivity contribution in [2.24, 2.45) is 0 Å². The van der Waals surface area contributed by atoms with Crippen molar-refractivity contribution in [1.29, 1.82) is 5.26 Å². The maximum Gasteiger partial charge on any atom is 0.137 e. The van der Waals surface area contributed by atoms with Gasteiger partial charge < -0.3 is 9.84 Å². The van der Waals surface area contributed by atoms with Crippen LogP contribution in [0.2, 0.25) is 0 Å². The molecule has 1 unspecified atom stereocenters. The number of hydrogen-bond acceptors (Lipinski definition) is 4. The molecular weight excluding hydrogens is 228 g/mol. The summed E-state index contributed by atoms with van der Waals surface area (Å²) in [5.74, 6) is 0.631. The zero-order chi connectivity index (χ0) is 13.0. The molecule has 0 spiro atoms. The summed E-state index contributed by atoms with van der Waals surface area (Å²) in [7, 11) is 0. The second kappa shape index (κ2) is 5.38. The number of hydrogen-bond donors (Lipinski definition) is 1. The van der Waals surface area contributed by atoms with Gasteiger partial charge in [-0.3, -0.25) is 4.90 Å². The van der Waals surface area contributed by atoms with Crippen LogP contribution in [0.25, 0.3) is 0 Å². The van der Waals surface area contributed by atoms with Crippen LogP contribution in [-0.2, 0) is 0 Å². The van der Waals surface area contributed by atoms with E-state index in [0.717, 1.165) is 19.5 Å². The van der Waals surface area contributed by atoms with Crippen molar-refractivity contribution in [3.63, 3.8) is 0 Å². The number of benzene rings is 1. The molecule has 1 fully saturated rings. The molecule has 0 aliphatic carbocycles. The second-order valence-corrected chi connectivity index (χ2v) is 4.98. The fraction of sp³-hybridized carbons (Fsp3) is 0.500. The molecule has 0 aromatic heterocycles. The molecule has 2 rings (SSSR count). The third kappa shape index (κ3) is 3.22. The molecule has 96 valence electrons. The first-order valence-electron chi connectivity index (χ1n) is 6.17. The Kier molecular flexibility index (Phi) is 3.85. The van der Waals surface area contributed by atoms with Crippen LogP contribution in [0.3, 0.4) is 0 Å². The number of para-hydroxylation sites is 1. The van der Waals surface area contributed by atoms with Gasteiger partial charge in [-0.2, -0.15) is 5.26 Å². The molecule has 0 saturated carbocycles. The average Bonchev–Trinajstić information content (AvgIpc) is 2.69. The minimum atomic E-state index is -0.565. The normalized spacial score (nSPS) is 23.8. The monoisotopic (exact) mass is 246 g/mol. The van der Waals surface area contributed by atoms with Crippen molar-refractivity contribution in [1.82, 2.24) is 4.90 Å². The van der Waals surface area contributed by atoms with Crippen molar-refractivity contribution in [3.8, 4) is 11.8 Å². The summed E-state index contributed by atoms with van der Waals surface area (Å²) in [4.78, 5) is 2.18. The van der Waals surface area contributed by atoms with E-state index < -0.39 is 5.60 Å². The first-order valence-corrected chi connectivity index (χ1v) is 6.17. The zero-order valence-corrected chi connectivity index (χ0v) is 10.6. The van der Waals surface area contributed by atoms with Gasteiger partial charge in [0.05, 0.1) is 11.2 Å². The van der Waals surface area contributed by atoms with E-state index in [1.165, 1.54) is 0 Å². The molecule has 1 aromatic rings. The van der Waals surface area contributed by atoms with Crippen molar-refractivity contribution in [3.05, 3.63) is 29.8 Å². The van der Waals surface area contributed by atoms with Gasteiger partial charge in [0, 0.05) is 19.6 Å². The van der Waals surface area contributed by atoms with Crippen molar-refractivity contribution >= 4 is 0 Å². The lowest BCUT2D eigenvalue weighted by atomic mass is 10.1. The molecule has 1 N–H and O–H groups in total. The highest BCUT2D eigenvalue weighted by atomic mass is 16.5. The van der Waals surface area contributed by atoms with Crippen LogP contribution in [0, 0.1) is 11.3 Å². The fourth-order valence-electron chi connectivity index (χ4n) is 2.20. The maximum absolute atomic E-state index is 9.84. The van der Waals surface area contributed by atoms with Gasteiger partial charge in [-0.05, 0) is 25.5 Å². The molecule has 4 heteroatoms. The van der Waals surface area contributed by atoms with Crippen LogP contribution in [0.5, 0.6) is 5.75 Å². The lowest BCUT2D eigenvalue weighted by molar-refractivity contribution is 0.0670. The van der Waals surface area contributed by atoms with Gasteiger partial charge in [0.25, 0.3) is 0 Å². The highest BCUT2D eigenvalue weighted by Gasteiger charge is 2.30. The number of aliphatic hydroxyl groups is 1. The summed E-state index contributed by atoms with van der Waals surface area (Å²) in [6, 6.07) is 9.34. The van der Waals surface area contributed by atoms with E-state index >= 15 is 0 Å². The molecule has 1 atom stereocenters. The number of β-amino-alcohol motifs (C(OH)–C–C–N with tert-alkyl or cyclic N) is 1. The predicted molar refractivity (Wildman–Crippen MR) is 68.3 cm³/mol. The van der Waals surface area contributed by atoms with E-state index in [9.17, 15) is 5.11 Å². The minimum absolute atomic E-state index is 0.536. The topological polar surface area (TPSA) is 56.5 Å². The van der Waals surface area contributed by atoms with Crippen molar-refractivity contribution in [2.75, 3.05) is 26.2 Å². The maximum atomic E-state index is 9.84. The van der Waals surface area contributed by atoms with Crippen LogP contribution in [-0.4, -0.2) is 41.8 Å². The molecule has 0 bridgehead atoms. The third-order valence-electron chi connectivity index (χ3n) is 3.20. The van der Waals surface area contributed by atoms with E-state index in [4.69, 9.17) is 10.00 Å². The van der Waals surface area contributed by atoms with Crippen LogP contribution in [0.15, 0.2) is 24.3 Å². The van der Waals surface area contributed by atoms with E-state index in [2.05, 4.69) is 11.0 Å². The molecule has 1 heterocycles. The van der Waals surface area contributed by atoms with Crippen molar-refractivity contribution < 1.29 is 9.84 Å². The number of rotatable bonds is 4. The smallest absolute Gasteiger partial charge is 0.137 e. The summed E-state index contributed by atoms with van der Waals surface area (Å²) in [5.41, 5.74) is -0.00388. The predicted octanol–water partition coefficient (Wildman–Crippen LogP) is 1.39. The number of nitrogens with zero attached hydrogens (tertiary/aromatic N) is 2. The Morgan fingerprint density at radius 1 is 1.50 bits per heavy atom. The molecule has 0 radical (unpaired) electrons. The summed E-state index contributed by atoms with van der Waals surface area (Å²) in [5, 5.41) is 18.8. The molecular formula is C14H18N2O2. The third-order valence-corrected chi connectivity index (χ3v) is 3.20. The van der Waals surface area contributed by atoms with Crippen LogP contribution in [0.1, 0.15) is 18.9 Å². The van der Waals surface area contributed by atoms with Gasteiger partial charge in [-0.25, -0.2) is 0 Å². The van der Waals surface area contributed by atoms with Gasteiger partial charge in [0.1, 0.15) is 18.4 Å². The van der Waals surface area contributed by atoms with Crippen LogP contribution in [0.4, 0.5) is 0 Å². The largest absolute Gasteiger partial charge is 0.491 e. The lowest BCUT2D eigenvalue weighted by Crippen LogP contribution is -2.32. The van der Waals surface area contributed by atoms with Crippen LogP contribution < -0.4 is 4.74 Å². The van der Waals surface area contributed by atoms with E-state index in [1.54, 1.807) is 12.1 Å². The molecule has 1 aliphatic rings. The standard InChI is InChI=1S/C14H18N2O2/c1-14(17)6-7-16(11-14)8-9-18-13-5-3-2-4-12(13)10-15/h2-5,17H,6-9,11H2,1H3. The highest BCUT2D eigenvalue weighted by Crippen LogP contribution is 2.20. The SMILES string of the molecule is CC1(O)CCN(CCOc2ccccc2C#N)C1. The Balaban J connectivity index is 1.81. The number of ether oxygens (including phenoxy) is 1. The Bertz CT molecular complexity index is 451. The summed E-state index contributed by atoms with van der Waals surface area (Å²) < 4.78 is 5.61. The van der Waals surface area contributed by atoms with E-state index in [1.807, 2.05) is 19.1 Å². The van der Waals surface area contributed by atoms with Crippen molar-refractivity contribution in [2.45, 2.75) is 18.9 Å². The molecule has 0 amide bonds. The molecule has 1 saturated heterocycles. The van der Waals surface area contributed by atoms with Gasteiger partial charge in [0.2, 0.25) is 0 Å². The van der Waals surface area contributed by atoms with Gasteiger partial charge in [-0.15, -0.1) is 0 Å². The second-order valence-electron chi connectivity index (χ2n) is 4.98. The molecule has 1 aromatic carbocycles. The Morgan fingerprint density at radius 2 is 2.28 bits per heavy atom. The van der Waals surface area contributed by atoms with Gasteiger partial charge in [0.15, 0.2) is 0 Å². The quantitative estimate of drug-likeness (QED) is 0.872. The molecule has 1 aliphatic heterocycles. The van der Waals surface area contributed by atoms with Gasteiger partial charge in [-0.1, -0.05) is 12.1 Å². The van der Waals surface area contributed by atoms with E-state index in [-0.39, 0.29) is 0 Å². The number of likely N-dealkylation sites (tertiary alicyclic amines) is 1. The van der Waals surface area contributed by atoms with E-state index in [0.29, 0.717) is 24.5 Å². The van der Waals surface area contributed by atoms with Crippen LogP contribution >= 0.6 is 0 Å². The number of nitriles is 1. The first-order chi connectivity index (χ1) is 8.61. The first kappa shape index (κ1) is 12.9. The minimum Gasteiger partial charge on any atom is -0.491 e. The Morgan fingerprint density at radius 3 is 2.94 bits per heavy atom. The zero-order valence-electron chi connectivity index (χ0n) is 10.6. The summed E-state index contributed by atoms with van der Waals surface area (Å²) in [6.45, 7) is 4.76. The Hall–Kier alpha value is -1.57. The fourth-order valence-corrected chi connectivity index (χ4v) is 2.20. The summed E-state index contributed by atoms with van der Waals surface area (Å²) in [6.07, 6.45) is 0.807. The molecule has 4 nitrogen and oxygen atoms in total. The Labute approximate surface area is 107 Å². The van der Waals surface area contributed by atoms with Gasteiger partial charge >= 0.3 is 0 Å². The molecule has 18 heavy (non-hydrogen) atoms. The highest BCUT2D eigenvalue weighted by molar-refractivity contribution is 5.42. The lowest BCUT2D eigenvalue weighted by Gasteiger charge is -2.18. The summed E-state index contributed by atoms with van der Waals surface area (Å²) >= 11 is 0.